The van der Waals surface area contributed by atoms with Crippen molar-refractivity contribution in [3.8, 4) is 0 Å². The molecule has 5 nitrogen and oxygen atoms in total. The minimum absolute atomic E-state index is 0.163. The molecule has 0 saturated carbocycles. The fourth-order valence-corrected chi connectivity index (χ4v) is 2.96. The number of hydrogen-bond acceptors (Lipinski definition) is 3. The van der Waals surface area contributed by atoms with Crippen LogP contribution in [-0.2, 0) is 10.0 Å². The molecule has 0 spiro atoms. The molecule has 1 aromatic carbocycles. The van der Waals surface area contributed by atoms with Crippen LogP contribution in [0.2, 0.25) is 0 Å². The summed E-state index contributed by atoms with van der Waals surface area (Å²) in [7, 11) is -3.58. The molecule has 0 aliphatic rings. The minimum atomic E-state index is -3.58. The minimum Gasteiger partial charge on any atom is -0.399 e. The van der Waals surface area contributed by atoms with Crippen molar-refractivity contribution >= 4 is 15.7 Å². The SMILES string of the molecule is CC(NS(=O)(=O)c1cccc(N)c1)[n+]1ccccc1. The van der Waals surface area contributed by atoms with E-state index < -0.39 is 10.0 Å². The number of sulfonamides is 1. The number of aromatic nitrogens is 1. The van der Waals surface area contributed by atoms with Gasteiger partial charge in [0.05, 0.1) is 4.90 Å². The molecule has 0 bridgehead atoms. The van der Waals surface area contributed by atoms with E-state index in [1.165, 1.54) is 12.1 Å². The zero-order valence-electron chi connectivity index (χ0n) is 10.5. The van der Waals surface area contributed by atoms with Gasteiger partial charge in [-0.1, -0.05) is 12.1 Å². The van der Waals surface area contributed by atoms with Crippen molar-refractivity contribution in [3.63, 3.8) is 0 Å². The second-order valence-corrected chi connectivity index (χ2v) is 5.91. The van der Waals surface area contributed by atoms with E-state index in [0.29, 0.717) is 5.69 Å². The molecule has 0 aliphatic heterocycles. The molecule has 0 amide bonds. The molecule has 2 rings (SSSR count). The number of nitrogen functional groups attached to an aromatic ring is 1. The Kier molecular flexibility index (Phi) is 3.82. The van der Waals surface area contributed by atoms with Crippen LogP contribution in [0.25, 0.3) is 0 Å². The summed E-state index contributed by atoms with van der Waals surface area (Å²) >= 11 is 0. The van der Waals surface area contributed by atoms with E-state index in [1.54, 1.807) is 36.0 Å². The first-order valence-electron chi connectivity index (χ1n) is 5.83. The van der Waals surface area contributed by atoms with Crippen molar-refractivity contribution in [1.29, 1.82) is 0 Å². The topological polar surface area (TPSA) is 76.1 Å². The normalized spacial score (nSPS) is 13.1. The van der Waals surface area contributed by atoms with Gasteiger partial charge >= 0.3 is 0 Å². The highest BCUT2D eigenvalue weighted by atomic mass is 32.2. The van der Waals surface area contributed by atoms with Gasteiger partial charge < -0.3 is 5.73 Å². The lowest BCUT2D eigenvalue weighted by Crippen LogP contribution is -2.47. The van der Waals surface area contributed by atoms with Crippen molar-refractivity contribution in [2.45, 2.75) is 18.0 Å². The van der Waals surface area contributed by atoms with Gasteiger partial charge in [-0.15, -0.1) is 4.72 Å². The number of hydrogen-bond donors (Lipinski definition) is 2. The summed E-state index contributed by atoms with van der Waals surface area (Å²) in [6.45, 7) is 1.77. The standard InChI is InChI=1S/C13H16N3O2S/c1-11(16-8-3-2-4-9-16)15-19(17,18)13-7-5-6-12(14)10-13/h2-11,15H,14H2,1H3/q+1. The largest absolute Gasteiger partial charge is 0.399 e. The highest BCUT2D eigenvalue weighted by Crippen LogP contribution is 2.13. The van der Waals surface area contributed by atoms with E-state index in [2.05, 4.69) is 4.72 Å². The maximum absolute atomic E-state index is 12.2. The highest BCUT2D eigenvalue weighted by molar-refractivity contribution is 7.89. The average molecular weight is 278 g/mol. The summed E-state index contributed by atoms with van der Waals surface area (Å²) in [6, 6.07) is 11.8. The Morgan fingerprint density at radius 2 is 1.84 bits per heavy atom. The Balaban J connectivity index is 2.23. The third-order valence-corrected chi connectivity index (χ3v) is 4.21. The van der Waals surface area contributed by atoms with Gasteiger partial charge in [-0.3, -0.25) is 0 Å². The van der Waals surface area contributed by atoms with Gasteiger partial charge in [0.1, 0.15) is 0 Å². The van der Waals surface area contributed by atoms with Gasteiger partial charge in [0.25, 0.3) is 0 Å². The van der Waals surface area contributed by atoms with Crippen molar-refractivity contribution in [3.05, 3.63) is 54.9 Å². The van der Waals surface area contributed by atoms with Crippen LogP contribution in [-0.4, -0.2) is 8.42 Å². The van der Waals surface area contributed by atoms with Crippen molar-refractivity contribution in [2.75, 3.05) is 5.73 Å². The fraction of sp³-hybridized carbons (Fsp3) is 0.154. The summed E-state index contributed by atoms with van der Waals surface area (Å²) in [6.07, 6.45) is 3.21. The number of nitrogens with two attached hydrogens (primary N) is 1. The van der Waals surface area contributed by atoms with Crippen molar-refractivity contribution in [1.82, 2.24) is 4.72 Å². The van der Waals surface area contributed by atoms with Gasteiger partial charge in [-0.2, -0.15) is 4.57 Å². The molecule has 100 valence electrons. The third kappa shape index (κ3) is 3.30. The molecular weight excluding hydrogens is 262 g/mol. The lowest BCUT2D eigenvalue weighted by Gasteiger charge is -2.10. The van der Waals surface area contributed by atoms with E-state index in [-0.39, 0.29) is 11.1 Å². The maximum Gasteiger partial charge on any atom is 0.245 e. The number of benzene rings is 1. The fourth-order valence-electron chi connectivity index (χ4n) is 1.71. The highest BCUT2D eigenvalue weighted by Gasteiger charge is 2.21. The van der Waals surface area contributed by atoms with Crippen LogP contribution in [0.1, 0.15) is 13.1 Å². The number of nitrogens with one attached hydrogen (secondary N) is 1. The van der Waals surface area contributed by atoms with Gasteiger partial charge in [0.2, 0.25) is 16.2 Å². The summed E-state index contributed by atoms with van der Waals surface area (Å²) in [5.41, 5.74) is 6.02. The number of rotatable bonds is 4. The predicted octanol–water partition coefficient (Wildman–Crippen LogP) is 1.05. The molecule has 6 heteroatoms. The van der Waals surface area contributed by atoms with Gasteiger partial charge in [-0.05, 0) is 18.2 Å². The van der Waals surface area contributed by atoms with E-state index in [0.717, 1.165) is 0 Å². The molecular formula is C13H16N3O2S+. The van der Waals surface area contributed by atoms with Crippen LogP contribution in [0.4, 0.5) is 5.69 Å². The van der Waals surface area contributed by atoms with E-state index in [9.17, 15) is 8.42 Å². The predicted molar refractivity (Wildman–Crippen MR) is 72.5 cm³/mol. The van der Waals surface area contributed by atoms with Crippen LogP contribution in [0, 0.1) is 0 Å². The molecule has 1 heterocycles. The molecule has 0 radical (unpaired) electrons. The molecule has 0 fully saturated rings. The first-order valence-corrected chi connectivity index (χ1v) is 7.31. The molecule has 0 aliphatic carbocycles. The van der Waals surface area contributed by atoms with E-state index in [4.69, 9.17) is 5.73 Å². The second kappa shape index (κ2) is 5.38. The number of nitrogens with zero attached hydrogens (tertiary/aromatic N) is 1. The van der Waals surface area contributed by atoms with Gasteiger partial charge in [0, 0.05) is 24.7 Å². The van der Waals surface area contributed by atoms with Crippen molar-refractivity contribution in [2.24, 2.45) is 0 Å². The summed E-state index contributed by atoms with van der Waals surface area (Å²) in [4.78, 5) is 0.163. The summed E-state index contributed by atoms with van der Waals surface area (Å²) in [5, 5.41) is 0. The zero-order chi connectivity index (χ0) is 13.9. The Hall–Kier alpha value is -1.92. The molecule has 1 aromatic heterocycles. The van der Waals surface area contributed by atoms with Crippen molar-refractivity contribution < 1.29 is 13.0 Å². The third-order valence-electron chi connectivity index (χ3n) is 2.68. The maximum atomic E-state index is 12.2. The molecule has 2 aromatic rings. The van der Waals surface area contributed by atoms with E-state index in [1.807, 2.05) is 18.2 Å². The number of pyridine rings is 1. The monoisotopic (exact) mass is 278 g/mol. The molecule has 3 N–H and O–H groups in total. The van der Waals surface area contributed by atoms with Crippen LogP contribution < -0.4 is 15.0 Å². The Labute approximate surface area is 112 Å². The zero-order valence-corrected chi connectivity index (χ0v) is 11.3. The van der Waals surface area contributed by atoms with Crippen LogP contribution in [0.5, 0.6) is 0 Å². The smallest absolute Gasteiger partial charge is 0.245 e. The van der Waals surface area contributed by atoms with Gasteiger partial charge in [-0.25, -0.2) is 8.42 Å². The average Bonchev–Trinajstić information content (AvgIpc) is 2.39. The lowest BCUT2D eigenvalue weighted by molar-refractivity contribution is -0.722. The Morgan fingerprint density at radius 1 is 1.16 bits per heavy atom. The summed E-state index contributed by atoms with van der Waals surface area (Å²) < 4.78 is 28.7. The van der Waals surface area contributed by atoms with Gasteiger partial charge in [0.15, 0.2) is 12.4 Å². The molecule has 1 atom stereocenters. The molecule has 0 saturated heterocycles. The molecule has 19 heavy (non-hydrogen) atoms. The second-order valence-electron chi connectivity index (χ2n) is 4.19. The first-order chi connectivity index (χ1) is 8.99. The van der Waals surface area contributed by atoms with Crippen LogP contribution in [0.3, 0.4) is 0 Å². The quantitative estimate of drug-likeness (QED) is 0.648. The van der Waals surface area contributed by atoms with Crippen LogP contribution in [0.15, 0.2) is 59.8 Å². The van der Waals surface area contributed by atoms with Crippen LogP contribution >= 0.6 is 0 Å². The Bertz CT molecular complexity index is 657. The van der Waals surface area contributed by atoms with E-state index >= 15 is 0 Å². The first kappa shape index (κ1) is 13.5. The molecule has 1 unspecified atom stereocenters. The Morgan fingerprint density at radius 3 is 2.47 bits per heavy atom. The lowest BCUT2D eigenvalue weighted by atomic mass is 10.3. The summed E-state index contributed by atoms with van der Waals surface area (Å²) in [5.74, 6) is 0. The number of anilines is 1.